The van der Waals surface area contributed by atoms with Crippen molar-refractivity contribution < 1.29 is 4.74 Å². The van der Waals surface area contributed by atoms with Crippen LogP contribution in [0.25, 0.3) is 0 Å². The van der Waals surface area contributed by atoms with E-state index < -0.39 is 0 Å². The average Bonchev–Trinajstić information content (AvgIpc) is 2.83. The zero-order valence-electron chi connectivity index (χ0n) is 10.9. The number of aromatic nitrogens is 2. The van der Waals surface area contributed by atoms with Crippen LogP contribution in [0, 0.1) is 0 Å². The van der Waals surface area contributed by atoms with Crippen LogP contribution in [0.1, 0.15) is 29.8 Å². The number of hydrogen-bond acceptors (Lipinski definition) is 4. The first kappa shape index (κ1) is 12.1. The molecule has 4 nitrogen and oxygen atoms in total. The number of benzene rings is 1. The summed E-state index contributed by atoms with van der Waals surface area (Å²) in [4.78, 5) is 8.93. The van der Waals surface area contributed by atoms with E-state index in [0.717, 1.165) is 23.6 Å². The summed E-state index contributed by atoms with van der Waals surface area (Å²) in [6, 6.07) is 8.19. The standard InChI is InChI=1S/C15H17N3O/c1-10(16)6-11-7-17-15(18-8-11)13-9-19-14-5-3-2-4-12(13)14/h2-5,7-8,10,13H,6,9,16H2,1H3. The highest BCUT2D eigenvalue weighted by Gasteiger charge is 2.27. The minimum absolute atomic E-state index is 0.130. The van der Waals surface area contributed by atoms with E-state index in [-0.39, 0.29) is 12.0 Å². The van der Waals surface area contributed by atoms with Gasteiger partial charge < -0.3 is 10.5 Å². The maximum Gasteiger partial charge on any atom is 0.139 e. The molecule has 1 aliphatic rings. The van der Waals surface area contributed by atoms with Gasteiger partial charge in [-0.15, -0.1) is 0 Å². The van der Waals surface area contributed by atoms with Crippen molar-refractivity contribution in [1.82, 2.24) is 9.97 Å². The van der Waals surface area contributed by atoms with Crippen molar-refractivity contribution in [3.8, 4) is 5.75 Å². The van der Waals surface area contributed by atoms with Crippen molar-refractivity contribution in [2.24, 2.45) is 5.73 Å². The van der Waals surface area contributed by atoms with Crippen molar-refractivity contribution in [2.75, 3.05) is 6.61 Å². The van der Waals surface area contributed by atoms with Crippen LogP contribution >= 0.6 is 0 Å². The summed E-state index contributed by atoms with van der Waals surface area (Å²) >= 11 is 0. The lowest BCUT2D eigenvalue weighted by molar-refractivity contribution is 0.339. The second-order valence-electron chi connectivity index (χ2n) is 5.03. The Kier molecular flexibility index (Phi) is 3.17. The lowest BCUT2D eigenvalue weighted by Crippen LogP contribution is -2.18. The molecule has 0 bridgehead atoms. The van der Waals surface area contributed by atoms with Gasteiger partial charge in [0.1, 0.15) is 18.2 Å². The molecule has 1 aromatic heterocycles. The summed E-state index contributed by atoms with van der Waals surface area (Å²) in [6.07, 6.45) is 4.54. The SMILES string of the molecule is CC(N)Cc1cnc(C2COc3ccccc32)nc1. The van der Waals surface area contributed by atoms with Gasteiger partial charge in [-0.05, 0) is 25.0 Å². The minimum atomic E-state index is 0.130. The molecule has 4 heteroatoms. The van der Waals surface area contributed by atoms with Gasteiger partial charge in [-0.1, -0.05) is 18.2 Å². The maximum atomic E-state index is 5.77. The molecule has 0 fully saturated rings. The molecule has 2 unspecified atom stereocenters. The molecule has 0 amide bonds. The molecule has 0 saturated heterocycles. The number of para-hydroxylation sites is 1. The van der Waals surface area contributed by atoms with Crippen LogP contribution in [0.4, 0.5) is 0 Å². The van der Waals surface area contributed by atoms with Gasteiger partial charge in [-0.3, -0.25) is 0 Å². The van der Waals surface area contributed by atoms with Gasteiger partial charge in [0.05, 0.1) is 5.92 Å². The molecule has 2 atom stereocenters. The molecule has 3 rings (SSSR count). The van der Waals surface area contributed by atoms with Crippen LogP contribution in [-0.2, 0) is 6.42 Å². The third kappa shape index (κ3) is 2.44. The quantitative estimate of drug-likeness (QED) is 0.909. The molecule has 0 spiro atoms. The highest BCUT2D eigenvalue weighted by molar-refractivity contribution is 5.42. The molecular formula is C15H17N3O. The highest BCUT2D eigenvalue weighted by atomic mass is 16.5. The summed E-state index contributed by atoms with van der Waals surface area (Å²) in [6.45, 7) is 2.60. The van der Waals surface area contributed by atoms with Gasteiger partial charge in [0.25, 0.3) is 0 Å². The van der Waals surface area contributed by atoms with Crippen molar-refractivity contribution in [3.63, 3.8) is 0 Å². The Labute approximate surface area is 112 Å². The summed E-state index contributed by atoms with van der Waals surface area (Å²) in [7, 11) is 0. The first-order valence-electron chi connectivity index (χ1n) is 6.52. The van der Waals surface area contributed by atoms with E-state index in [1.165, 1.54) is 5.56 Å². The zero-order valence-corrected chi connectivity index (χ0v) is 10.9. The van der Waals surface area contributed by atoms with Crippen LogP contribution in [0.3, 0.4) is 0 Å². The molecule has 19 heavy (non-hydrogen) atoms. The Morgan fingerprint density at radius 2 is 2.05 bits per heavy atom. The topological polar surface area (TPSA) is 61.0 Å². The van der Waals surface area contributed by atoms with E-state index in [2.05, 4.69) is 16.0 Å². The molecule has 0 radical (unpaired) electrons. The van der Waals surface area contributed by atoms with Crippen molar-refractivity contribution in [2.45, 2.75) is 25.3 Å². The van der Waals surface area contributed by atoms with Gasteiger partial charge in [-0.25, -0.2) is 9.97 Å². The van der Waals surface area contributed by atoms with Crippen molar-refractivity contribution in [3.05, 3.63) is 53.6 Å². The Bertz CT molecular complexity index is 566. The van der Waals surface area contributed by atoms with Crippen molar-refractivity contribution >= 4 is 0 Å². The number of fused-ring (bicyclic) bond motifs is 1. The number of nitrogens with two attached hydrogens (primary N) is 1. The molecular weight excluding hydrogens is 238 g/mol. The number of ether oxygens (including phenoxy) is 1. The Balaban J connectivity index is 1.84. The fourth-order valence-corrected chi connectivity index (χ4v) is 2.40. The van der Waals surface area contributed by atoms with E-state index in [0.29, 0.717) is 6.61 Å². The Morgan fingerprint density at radius 3 is 2.79 bits per heavy atom. The monoisotopic (exact) mass is 255 g/mol. The van der Waals surface area contributed by atoms with E-state index in [1.54, 1.807) is 0 Å². The molecule has 2 heterocycles. The molecule has 2 N–H and O–H groups in total. The van der Waals surface area contributed by atoms with Crippen LogP contribution in [0.5, 0.6) is 5.75 Å². The zero-order chi connectivity index (χ0) is 13.2. The largest absolute Gasteiger partial charge is 0.492 e. The van der Waals surface area contributed by atoms with E-state index >= 15 is 0 Å². The first-order valence-corrected chi connectivity index (χ1v) is 6.52. The predicted octanol–water partition coefficient (Wildman–Crippen LogP) is 1.89. The summed E-state index contributed by atoms with van der Waals surface area (Å²) in [5.41, 5.74) is 8.02. The van der Waals surface area contributed by atoms with Crippen LogP contribution in [-0.4, -0.2) is 22.6 Å². The van der Waals surface area contributed by atoms with E-state index in [9.17, 15) is 0 Å². The molecule has 0 saturated carbocycles. The summed E-state index contributed by atoms with van der Waals surface area (Å²) in [5.74, 6) is 1.90. The van der Waals surface area contributed by atoms with Gasteiger partial charge in [0.15, 0.2) is 0 Å². The number of rotatable bonds is 3. The Hall–Kier alpha value is -1.94. The smallest absolute Gasteiger partial charge is 0.139 e. The van der Waals surface area contributed by atoms with Crippen LogP contribution in [0.15, 0.2) is 36.7 Å². The molecule has 1 aliphatic heterocycles. The highest BCUT2D eigenvalue weighted by Crippen LogP contribution is 2.36. The fourth-order valence-electron chi connectivity index (χ4n) is 2.40. The maximum absolute atomic E-state index is 5.77. The summed E-state index contributed by atoms with van der Waals surface area (Å²) < 4.78 is 5.66. The Morgan fingerprint density at radius 1 is 1.32 bits per heavy atom. The second-order valence-corrected chi connectivity index (χ2v) is 5.03. The second kappa shape index (κ2) is 4.97. The van der Waals surface area contributed by atoms with E-state index in [1.807, 2.05) is 37.5 Å². The van der Waals surface area contributed by atoms with Crippen LogP contribution in [0.2, 0.25) is 0 Å². The normalized spacial score (nSPS) is 18.7. The minimum Gasteiger partial charge on any atom is -0.492 e. The lowest BCUT2D eigenvalue weighted by atomic mass is 10.0. The predicted molar refractivity (Wildman–Crippen MR) is 73.2 cm³/mol. The van der Waals surface area contributed by atoms with Gasteiger partial charge in [0.2, 0.25) is 0 Å². The van der Waals surface area contributed by atoms with Gasteiger partial charge in [-0.2, -0.15) is 0 Å². The molecule has 1 aromatic carbocycles. The first-order chi connectivity index (χ1) is 9.24. The molecule has 98 valence electrons. The average molecular weight is 255 g/mol. The van der Waals surface area contributed by atoms with Gasteiger partial charge in [0, 0.05) is 24.0 Å². The number of nitrogens with zero attached hydrogens (tertiary/aromatic N) is 2. The lowest BCUT2D eigenvalue weighted by Gasteiger charge is -2.09. The van der Waals surface area contributed by atoms with Crippen LogP contribution < -0.4 is 10.5 Å². The third-order valence-electron chi connectivity index (χ3n) is 3.29. The van der Waals surface area contributed by atoms with Gasteiger partial charge >= 0.3 is 0 Å². The fraction of sp³-hybridized carbons (Fsp3) is 0.333. The van der Waals surface area contributed by atoms with E-state index in [4.69, 9.17) is 10.5 Å². The number of hydrogen-bond donors (Lipinski definition) is 1. The summed E-state index contributed by atoms with van der Waals surface area (Å²) in [5, 5.41) is 0. The molecule has 2 aromatic rings. The third-order valence-corrected chi connectivity index (χ3v) is 3.29. The van der Waals surface area contributed by atoms with Crippen molar-refractivity contribution in [1.29, 1.82) is 0 Å². The molecule has 0 aliphatic carbocycles.